The molecule has 2 nitrogen and oxygen atoms in total. The molecule has 0 aromatic heterocycles. The molecule has 0 saturated carbocycles. The van der Waals surface area contributed by atoms with Gasteiger partial charge in [0.2, 0.25) is 0 Å². The number of alkyl halides is 3. The van der Waals surface area contributed by atoms with Crippen LogP contribution in [0.5, 0.6) is 0 Å². The first kappa shape index (κ1) is 12.3. The fourth-order valence-electron chi connectivity index (χ4n) is 0.604. The molecule has 0 aromatic rings. The molecule has 12 heavy (non-hydrogen) atoms. The standard InChI is InChI=1S/C4H6F3.C2H5O.O.Sn/c1-3(6)4(7)2-5;1-2-3;;/h3-4H,1-2H2;2H2,1H3;;/q;-1;;+1. The van der Waals surface area contributed by atoms with Gasteiger partial charge in [0.1, 0.15) is 0 Å². The van der Waals surface area contributed by atoms with Crippen molar-refractivity contribution in [3.63, 3.8) is 0 Å². The van der Waals surface area contributed by atoms with Crippen molar-refractivity contribution >= 4 is 20.2 Å². The molecule has 0 bridgehead atoms. The minimum absolute atomic E-state index is 0.234. The number of rotatable bonds is 6. The van der Waals surface area contributed by atoms with E-state index >= 15 is 0 Å². The van der Waals surface area contributed by atoms with E-state index in [0.717, 1.165) is 0 Å². The van der Waals surface area contributed by atoms with Crippen molar-refractivity contribution in [2.24, 2.45) is 0 Å². The average Bonchev–Trinajstić information content (AvgIpc) is 2.03. The molecule has 0 N–H and O–H groups in total. The SMILES string of the molecule is CC[O][Sn](=[O])[CH2]C(F)C(F)CF. The number of hydrogen-bond donors (Lipinski definition) is 0. The molecule has 0 saturated heterocycles. The van der Waals surface area contributed by atoms with Crippen molar-refractivity contribution < 1.29 is 19.3 Å². The minimum atomic E-state index is -3.39. The molecule has 0 aromatic carbocycles. The molecular formula is C6H11F3O2Sn. The van der Waals surface area contributed by atoms with Crippen LogP contribution < -0.4 is 0 Å². The quantitative estimate of drug-likeness (QED) is 0.695. The molecule has 0 spiro atoms. The number of hydrogen-bond acceptors (Lipinski definition) is 2. The summed E-state index contributed by atoms with van der Waals surface area (Å²) >= 11 is -3.39. The van der Waals surface area contributed by atoms with E-state index in [9.17, 15) is 16.2 Å². The van der Waals surface area contributed by atoms with Gasteiger partial charge < -0.3 is 0 Å². The molecule has 0 radical (unpaired) electrons. The molecule has 0 rings (SSSR count). The van der Waals surface area contributed by atoms with E-state index in [2.05, 4.69) is 3.07 Å². The van der Waals surface area contributed by atoms with Crippen LogP contribution in [0.25, 0.3) is 0 Å². The second-order valence-electron chi connectivity index (χ2n) is 2.20. The van der Waals surface area contributed by atoms with Gasteiger partial charge in [0.25, 0.3) is 0 Å². The summed E-state index contributed by atoms with van der Waals surface area (Å²) in [5.41, 5.74) is 0. The molecule has 0 amide bonds. The Morgan fingerprint density at radius 2 is 2.00 bits per heavy atom. The van der Waals surface area contributed by atoms with Crippen LogP contribution >= 0.6 is 0 Å². The third kappa shape index (κ3) is 5.08. The number of halogens is 3. The first-order chi connectivity index (χ1) is 5.61. The van der Waals surface area contributed by atoms with Crippen molar-refractivity contribution in [2.75, 3.05) is 13.3 Å². The van der Waals surface area contributed by atoms with Crippen molar-refractivity contribution in [1.82, 2.24) is 0 Å². The van der Waals surface area contributed by atoms with E-state index in [0.29, 0.717) is 0 Å². The fourth-order valence-corrected chi connectivity index (χ4v) is 3.50. The van der Waals surface area contributed by atoms with Crippen LogP contribution in [0.1, 0.15) is 6.92 Å². The van der Waals surface area contributed by atoms with Gasteiger partial charge in [-0.2, -0.15) is 0 Å². The van der Waals surface area contributed by atoms with Crippen LogP contribution in [-0.2, 0) is 6.15 Å². The van der Waals surface area contributed by atoms with E-state index in [1.807, 2.05) is 0 Å². The maximum atomic E-state index is 12.5. The molecule has 0 aliphatic heterocycles. The summed E-state index contributed by atoms with van der Waals surface area (Å²) in [7, 11) is 0. The van der Waals surface area contributed by atoms with Crippen LogP contribution in [0.15, 0.2) is 0 Å². The Balaban J connectivity index is 3.67. The molecule has 0 aliphatic carbocycles. The Morgan fingerprint density at radius 3 is 2.42 bits per heavy atom. The van der Waals surface area contributed by atoms with Crippen molar-refractivity contribution in [3.05, 3.63) is 0 Å². The third-order valence-electron chi connectivity index (χ3n) is 1.21. The monoisotopic (exact) mass is 292 g/mol. The first-order valence-corrected chi connectivity index (χ1v) is 7.96. The van der Waals surface area contributed by atoms with Gasteiger partial charge in [-0.3, -0.25) is 0 Å². The van der Waals surface area contributed by atoms with Gasteiger partial charge >= 0.3 is 76.5 Å². The van der Waals surface area contributed by atoms with Crippen LogP contribution in [0.3, 0.4) is 0 Å². The average molecular weight is 291 g/mol. The Bertz CT molecular complexity index is 145. The van der Waals surface area contributed by atoms with Crippen LogP contribution in [0.4, 0.5) is 13.2 Å². The Labute approximate surface area is 76.8 Å². The zero-order valence-corrected chi connectivity index (χ0v) is 9.58. The van der Waals surface area contributed by atoms with Gasteiger partial charge in [-0.1, -0.05) is 0 Å². The van der Waals surface area contributed by atoms with Crippen molar-refractivity contribution in [3.8, 4) is 0 Å². The Hall–Kier alpha value is 0.349. The Kier molecular flexibility index (Phi) is 7.02. The maximum absolute atomic E-state index is 12.5. The molecule has 0 heterocycles. The van der Waals surface area contributed by atoms with Crippen molar-refractivity contribution in [1.29, 1.82) is 0 Å². The fraction of sp³-hybridized carbons (Fsp3) is 1.00. The van der Waals surface area contributed by atoms with Gasteiger partial charge in [-0.15, -0.1) is 0 Å². The third-order valence-corrected chi connectivity index (χ3v) is 5.01. The van der Waals surface area contributed by atoms with E-state index in [1.54, 1.807) is 6.92 Å². The van der Waals surface area contributed by atoms with Gasteiger partial charge in [0.15, 0.2) is 0 Å². The van der Waals surface area contributed by atoms with Gasteiger partial charge in [-0.25, -0.2) is 0 Å². The Morgan fingerprint density at radius 1 is 1.42 bits per heavy atom. The van der Waals surface area contributed by atoms with Crippen molar-refractivity contribution in [2.45, 2.75) is 23.7 Å². The van der Waals surface area contributed by atoms with Gasteiger partial charge in [-0.05, 0) is 0 Å². The van der Waals surface area contributed by atoms with E-state index in [-0.39, 0.29) is 6.61 Å². The zero-order valence-electron chi connectivity index (χ0n) is 6.73. The molecule has 0 fully saturated rings. The summed E-state index contributed by atoms with van der Waals surface area (Å²) in [6.45, 7) is 0.481. The van der Waals surface area contributed by atoms with Crippen LogP contribution in [-0.4, -0.2) is 45.8 Å². The van der Waals surface area contributed by atoms with Crippen LogP contribution in [0, 0.1) is 0 Å². The molecule has 0 aliphatic rings. The first-order valence-electron chi connectivity index (χ1n) is 3.61. The molecule has 2 atom stereocenters. The second-order valence-corrected chi connectivity index (χ2v) is 6.31. The van der Waals surface area contributed by atoms with Gasteiger partial charge in [0.05, 0.1) is 0 Å². The summed E-state index contributed by atoms with van der Waals surface area (Å²) in [5.74, 6) is 0. The molecular weight excluding hydrogens is 280 g/mol. The summed E-state index contributed by atoms with van der Waals surface area (Å²) in [6, 6.07) is 0. The zero-order chi connectivity index (χ0) is 9.56. The summed E-state index contributed by atoms with van der Waals surface area (Å²) in [6.07, 6.45) is -4.14. The predicted molar refractivity (Wildman–Crippen MR) is 38.6 cm³/mol. The van der Waals surface area contributed by atoms with E-state index in [1.165, 1.54) is 0 Å². The van der Waals surface area contributed by atoms with E-state index < -0.39 is 43.6 Å². The molecule has 72 valence electrons. The molecule has 2 unspecified atom stereocenters. The van der Waals surface area contributed by atoms with Crippen LogP contribution in [0.2, 0.25) is 4.44 Å². The summed E-state index contributed by atoms with van der Waals surface area (Å²) in [4.78, 5) is 0. The molecule has 6 heteroatoms. The topological polar surface area (TPSA) is 26.3 Å². The van der Waals surface area contributed by atoms with E-state index in [4.69, 9.17) is 0 Å². The normalized spacial score (nSPS) is 15.7. The predicted octanol–water partition coefficient (Wildman–Crippen LogP) is 1.59. The summed E-state index contributed by atoms with van der Waals surface area (Å²) in [5, 5.41) is 0. The second kappa shape index (κ2) is 6.82. The summed E-state index contributed by atoms with van der Waals surface area (Å²) < 4.78 is 51.3. The van der Waals surface area contributed by atoms with Gasteiger partial charge in [0, 0.05) is 0 Å².